The van der Waals surface area contributed by atoms with E-state index < -0.39 is 11.7 Å². The van der Waals surface area contributed by atoms with Gasteiger partial charge in [0, 0.05) is 51.5 Å². The van der Waals surface area contributed by atoms with Crippen molar-refractivity contribution in [2.24, 2.45) is 5.92 Å². The second kappa shape index (κ2) is 14.6. The van der Waals surface area contributed by atoms with Gasteiger partial charge in [0.25, 0.3) is 0 Å². The Morgan fingerprint density at radius 2 is 1.74 bits per heavy atom. The number of amides is 3. The standard InChI is InChI=1S/C32H52N6O5/c1-22(2)42-31(41)36-16-13-24(14-17-36)11-9-10-23(3)25-18-33-29(34-19-25)37-20-26(35-30(40)43-32(4,5)6)27(21-37)38-15-8-7-12-28(38)39/h18-19,22-24,26-27H,7-17,20-21H2,1-6H3,(H,35,40)/t23-,26+,27+/m1/s1. The minimum Gasteiger partial charge on any atom is -0.447 e. The van der Waals surface area contributed by atoms with E-state index in [0.29, 0.717) is 43.8 Å². The Bertz CT molecular complexity index is 1080. The van der Waals surface area contributed by atoms with Crippen molar-refractivity contribution >= 4 is 24.0 Å². The number of ether oxygens (including phenoxy) is 2. The molecule has 0 aromatic carbocycles. The number of hydrogen-bond donors (Lipinski definition) is 1. The first-order valence-corrected chi connectivity index (χ1v) is 16.2. The van der Waals surface area contributed by atoms with Crippen molar-refractivity contribution in [2.45, 2.75) is 123 Å². The maximum absolute atomic E-state index is 12.8. The molecule has 0 spiro atoms. The molecule has 3 fully saturated rings. The van der Waals surface area contributed by atoms with Gasteiger partial charge in [-0.15, -0.1) is 0 Å². The number of nitrogens with one attached hydrogen (secondary N) is 1. The predicted octanol–water partition coefficient (Wildman–Crippen LogP) is 5.10. The van der Waals surface area contributed by atoms with E-state index >= 15 is 0 Å². The highest BCUT2D eigenvalue weighted by Gasteiger charge is 2.41. The molecule has 0 saturated carbocycles. The zero-order valence-corrected chi connectivity index (χ0v) is 27.0. The van der Waals surface area contributed by atoms with Crippen molar-refractivity contribution in [1.82, 2.24) is 25.1 Å². The number of nitrogens with zero attached hydrogens (tertiary/aromatic N) is 5. The quantitative estimate of drug-likeness (QED) is 0.416. The van der Waals surface area contributed by atoms with Crippen LogP contribution in [0.3, 0.4) is 0 Å². The van der Waals surface area contributed by atoms with Crippen LogP contribution in [0.2, 0.25) is 0 Å². The molecular weight excluding hydrogens is 548 g/mol. The monoisotopic (exact) mass is 600 g/mol. The van der Waals surface area contributed by atoms with Gasteiger partial charge in [0.15, 0.2) is 0 Å². The zero-order chi connectivity index (χ0) is 31.1. The fourth-order valence-electron chi connectivity index (χ4n) is 6.35. The molecule has 3 aliphatic heterocycles. The second-order valence-electron chi connectivity index (χ2n) is 13.8. The van der Waals surface area contributed by atoms with Crippen LogP contribution < -0.4 is 10.2 Å². The molecule has 11 nitrogen and oxygen atoms in total. The Morgan fingerprint density at radius 1 is 1.05 bits per heavy atom. The molecule has 240 valence electrons. The fourth-order valence-corrected chi connectivity index (χ4v) is 6.35. The number of likely N-dealkylation sites (tertiary alicyclic amines) is 2. The summed E-state index contributed by atoms with van der Waals surface area (Å²) in [7, 11) is 0. The van der Waals surface area contributed by atoms with Crippen molar-refractivity contribution in [2.75, 3.05) is 37.6 Å². The summed E-state index contributed by atoms with van der Waals surface area (Å²) in [6, 6.07) is -0.429. The molecule has 0 radical (unpaired) electrons. The van der Waals surface area contributed by atoms with Crippen molar-refractivity contribution < 1.29 is 23.9 Å². The average molecular weight is 601 g/mol. The summed E-state index contributed by atoms with van der Waals surface area (Å²) < 4.78 is 10.9. The van der Waals surface area contributed by atoms with Crippen LogP contribution in [-0.2, 0) is 14.3 Å². The topological polar surface area (TPSA) is 117 Å². The summed E-state index contributed by atoms with van der Waals surface area (Å²) in [5, 5.41) is 3.02. The molecule has 4 heterocycles. The Morgan fingerprint density at radius 3 is 2.37 bits per heavy atom. The number of aromatic nitrogens is 2. The van der Waals surface area contributed by atoms with Crippen molar-refractivity contribution in [3.05, 3.63) is 18.0 Å². The van der Waals surface area contributed by atoms with Crippen LogP contribution >= 0.6 is 0 Å². The Labute approximate surface area is 257 Å². The van der Waals surface area contributed by atoms with Crippen LogP contribution in [-0.4, -0.2) is 94.4 Å². The van der Waals surface area contributed by atoms with E-state index in [0.717, 1.165) is 63.6 Å². The molecule has 3 atom stereocenters. The lowest BCUT2D eigenvalue weighted by Crippen LogP contribution is -2.54. The fraction of sp³-hybridized carbons (Fsp3) is 0.781. The lowest BCUT2D eigenvalue weighted by molar-refractivity contribution is -0.135. The maximum atomic E-state index is 12.8. The smallest absolute Gasteiger partial charge is 0.410 e. The minimum atomic E-state index is -0.602. The number of alkyl carbamates (subject to hydrolysis) is 1. The lowest BCUT2D eigenvalue weighted by atomic mass is 9.89. The third-order valence-electron chi connectivity index (χ3n) is 8.72. The molecule has 4 rings (SSSR count). The summed E-state index contributed by atoms with van der Waals surface area (Å²) in [6.45, 7) is 14.8. The number of anilines is 1. The molecule has 0 aliphatic carbocycles. The van der Waals surface area contributed by atoms with Gasteiger partial charge in [-0.05, 0) is 84.1 Å². The first-order chi connectivity index (χ1) is 20.4. The molecule has 3 aliphatic rings. The first kappa shape index (κ1) is 32.8. The number of carbonyl (C=O) groups is 3. The molecule has 3 saturated heterocycles. The molecular formula is C32H52N6O5. The highest BCUT2D eigenvalue weighted by atomic mass is 16.6. The third-order valence-corrected chi connectivity index (χ3v) is 8.72. The number of piperidine rings is 2. The van der Waals surface area contributed by atoms with Crippen LogP contribution in [0.1, 0.15) is 104 Å². The van der Waals surface area contributed by atoms with Gasteiger partial charge in [0.2, 0.25) is 11.9 Å². The minimum absolute atomic E-state index is 0.0830. The van der Waals surface area contributed by atoms with Crippen LogP contribution in [0, 0.1) is 5.92 Å². The number of rotatable bonds is 9. The van der Waals surface area contributed by atoms with Crippen molar-refractivity contribution in [3.63, 3.8) is 0 Å². The Balaban J connectivity index is 1.28. The van der Waals surface area contributed by atoms with Crippen LogP contribution in [0.25, 0.3) is 0 Å². The summed E-state index contributed by atoms with van der Waals surface area (Å²) >= 11 is 0. The van der Waals surface area contributed by atoms with Crippen LogP contribution in [0.4, 0.5) is 15.5 Å². The van der Waals surface area contributed by atoms with Gasteiger partial charge in [-0.1, -0.05) is 19.8 Å². The predicted molar refractivity (Wildman–Crippen MR) is 165 cm³/mol. The van der Waals surface area contributed by atoms with Gasteiger partial charge in [-0.25, -0.2) is 19.6 Å². The molecule has 1 aromatic rings. The highest BCUT2D eigenvalue weighted by molar-refractivity contribution is 5.78. The van der Waals surface area contributed by atoms with Gasteiger partial charge in [0.1, 0.15) is 5.60 Å². The maximum Gasteiger partial charge on any atom is 0.410 e. The third kappa shape index (κ3) is 9.44. The average Bonchev–Trinajstić information content (AvgIpc) is 3.35. The van der Waals surface area contributed by atoms with Crippen molar-refractivity contribution in [3.8, 4) is 0 Å². The van der Waals surface area contributed by atoms with E-state index in [9.17, 15) is 14.4 Å². The Hall–Kier alpha value is -3.11. The van der Waals surface area contributed by atoms with E-state index in [1.165, 1.54) is 0 Å². The lowest BCUT2D eigenvalue weighted by Gasteiger charge is -2.35. The summed E-state index contributed by atoms with van der Waals surface area (Å²) in [6.07, 6.45) is 10.9. The molecule has 0 unspecified atom stereocenters. The normalized spacial score (nSPS) is 22.6. The summed E-state index contributed by atoms with van der Waals surface area (Å²) in [5.41, 5.74) is 0.509. The summed E-state index contributed by atoms with van der Waals surface area (Å²) in [5.74, 6) is 1.74. The van der Waals surface area contributed by atoms with Gasteiger partial charge in [0.05, 0.1) is 18.2 Å². The highest BCUT2D eigenvalue weighted by Crippen LogP contribution is 2.29. The van der Waals surface area contributed by atoms with Gasteiger partial charge < -0.3 is 29.5 Å². The van der Waals surface area contributed by atoms with Gasteiger partial charge >= 0.3 is 12.2 Å². The first-order valence-electron chi connectivity index (χ1n) is 16.2. The molecule has 1 aromatic heterocycles. The molecule has 1 N–H and O–H groups in total. The van der Waals surface area contributed by atoms with E-state index in [1.54, 1.807) is 0 Å². The van der Waals surface area contributed by atoms with E-state index in [1.807, 2.05) is 56.8 Å². The SMILES string of the molecule is CC(C)OC(=O)N1CCC(CCC[C@@H](C)c2cnc(N3C[C@H](NC(=O)OC(C)(C)C)[C@@H](N4CCCCC4=O)C3)nc2)CC1. The molecule has 11 heteroatoms. The van der Waals surface area contributed by atoms with Crippen LogP contribution in [0.15, 0.2) is 12.4 Å². The van der Waals surface area contributed by atoms with E-state index in [-0.39, 0.29) is 30.2 Å². The number of carbonyl (C=O) groups excluding carboxylic acids is 3. The summed E-state index contributed by atoms with van der Waals surface area (Å²) in [4.78, 5) is 52.8. The molecule has 3 amide bonds. The molecule has 43 heavy (non-hydrogen) atoms. The van der Waals surface area contributed by atoms with E-state index in [2.05, 4.69) is 17.1 Å². The van der Waals surface area contributed by atoms with Crippen molar-refractivity contribution in [1.29, 1.82) is 0 Å². The molecule has 0 bridgehead atoms. The number of hydrogen-bond acceptors (Lipinski definition) is 8. The van der Waals surface area contributed by atoms with E-state index in [4.69, 9.17) is 19.4 Å². The van der Waals surface area contributed by atoms with Gasteiger partial charge in [-0.2, -0.15) is 0 Å². The van der Waals surface area contributed by atoms with Gasteiger partial charge in [-0.3, -0.25) is 4.79 Å². The zero-order valence-electron chi connectivity index (χ0n) is 27.0. The largest absolute Gasteiger partial charge is 0.447 e. The Kier molecular flexibility index (Phi) is 11.1. The van der Waals surface area contributed by atoms with Crippen LogP contribution in [0.5, 0.6) is 0 Å². The second-order valence-corrected chi connectivity index (χ2v) is 13.8.